The Morgan fingerprint density at radius 3 is 2.79 bits per heavy atom. The molecule has 0 aliphatic carbocycles. The van der Waals surface area contributed by atoms with Crippen LogP contribution in [0.25, 0.3) is 16.6 Å². The van der Waals surface area contributed by atoms with Crippen LogP contribution >= 0.6 is 0 Å². The molecule has 3 heterocycles. The van der Waals surface area contributed by atoms with Gasteiger partial charge in [-0.25, -0.2) is 14.6 Å². The number of aromatic nitrogens is 4. The van der Waals surface area contributed by atoms with Crippen LogP contribution in [-0.4, -0.2) is 38.9 Å². The molecule has 140 valence electrons. The molecule has 0 bridgehead atoms. The molecule has 4 aromatic rings. The maximum absolute atomic E-state index is 4.55. The zero-order chi connectivity index (χ0) is 18.8. The van der Waals surface area contributed by atoms with Crippen LogP contribution in [0, 0.1) is 0 Å². The van der Waals surface area contributed by atoms with E-state index in [-0.39, 0.29) is 0 Å². The number of fused-ring (bicyclic) bond motifs is 1. The highest BCUT2D eigenvalue weighted by Crippen LogP contribution is 2.25. The van der Waals surface area contributed by atoms with E-state index in [4.69, 9.17) is 0 Å². The Bertz CT molecular complexity index is 1070. The molecule has 5 rings (SSSR count). The van der Waals surface area contributed by atoms with E-state index in [1.807, 2.05) is 47.3 Å². The van der Waals surface area contributed by atoms with E-state index in [9.17, 15) is 0 Å². The second-order valence-electron chi connectivity index (χ2n) is 7.16. The largest absolute Gasteiger partial charge is 0.354 e. The van der Waals surface area contributed by atoms with Crippen molar-refractivity contribution in [1.82, 2.24) is 25.1 Å². The van der Waals surface area contributed by atoms with Crippen LogP contribution in [0.5, 0.6) is 0 Å². The summed E-state index contributed by atoms with van der Waals surface area (Å²) >= 11 is 0. The summed E-state index contributed by atoms with van der Waals surface area (Å²) in [5.41, 5.74) is 3.27. The Labute approximate surface area is 163 Å². The standard InChI is InChI=1S/C22H22N6/c1-2-6-19(7-3-1)28-14-17(13-26-28)12-23-18-10-11-27(15-18)22-20-8-4-5-9-21(20)24-16-25-22/h1-9,13-14,16,18,23H,10-12,15H2. The van der Waals surface area contributed by atoms with Gasteiger partial charge in [0.1, 0.15) is 12.1 Å². The Hall–Kier alpha value is -3.25. The number of benzene rings is 2. The van der Waals surface area contributed by atoms with E-state index in [1.165, 1.54) is 5.56 Å². The monoisotopic (exact) mass is 370 g/mol. The van der Waals surface area contributed by atoms with Crippen LogP contribution in [0.3, 0.4) is 0 Å². The van der Waals surface area contributed by atoms with Crippen LogP contribution < -0.4 is 10.2 Å². The molecule has 0 radical (unpaired) electrons. The lowest BCUT2D eigenvalue weighted by Gasteiger charge is -2.19. The second kappa shape index (κ2) is 7.40. The first-order chi connectivity index (χ1) is 13.9. The Morgan fingerprint density at radius 2 is 1.86 bits per heavy atom. The minimum atomic E-state index is 0.439. The van der Waals surface area contributed by atoms with Gasteiger partial charge in [-0.3, -0.25) is 0 Å². The fourth-order valence-corrected chi connectivity index (χ4v) is 3.80. The highest BCUT2D eigenvalue weighted by molar-refractivity contribution is 5.89. The molecular formula is C22H22N6. The van der Waals surface area contributed by atoms with Gasteiger partial charge in [0.15, 0.2) is 0 Å². The van der Waals surface area contributed by atoms with Gasteiger partial charge in [0, 0.05) is 42.8 Å². The fourth-order valence-electron chi connectivity index (χ4n) is 3.80. The Morgan fingerprint density at radius 1 is 1.00 bits per heavy atom. The van der Waals surface area contributed by atoms with Crippen molar-refractivity contribution >= 4 is 16.7 Å². The minimum absolute atomic E-state index is 0.439. The molecule has 0 amide bonds. The summed E-state index contributed by atoms with van der Waals surface area (Å²) in [5.74, 6) is 1.03. The third kappa shape index (κ3) is 3.34. The molecule has 6 heteroatoms. The summed E-state index contributed by atoms with van der Waals surface area (Å²) in [4.78, 5) is 11.3. The van der Waals surface area contributed by atoms with Gasteiger partial charge < -0.3 is 10.2 Å². The van der Waals surface area contributed by atoms with E-state index in [0.29, 0.717) is 6.04 Å². The van der Waals surface area contributed by atoms with Crippen LogP contribution in [0.4, 0.5) is 5.82 Å². The Balaban J connectivity index is 1.23. The molecule has 1 fully saturated rings. The summed E-state index contributed by atoms with van der Waals surface area (Å²) < 4.78 is 1.92. The van der Waals surface area contributed by atoms with Gasteiger partial charge in [-0.15, -0.1) is 0 Å². The lowest BCUT2D eigenvalue weighted by Crippen LogP contribution is -2.32. The number of nitrogens with one attached hydrogen (secondary N) is 1. The molecule has 1 aliphatic rings. The van der Waals surface area contributed by atoms with Crippen LogP contribution in [0.1, 0.15) is 12.0 Å². The molecule has 1 unspecified atom stereocenters. The van der Waals surface area contributed by atoms with Crippen molar-refractivity contribution in [1.29, 1.82) is 0 Å². The summed E-state index contributed by atoms with van der Waals surface area (Å²) in [6.45, 7) is 2.77. The number of hydrogen-bond acceptors (Lipinski definition) is 5. The van der Waals surface area contributed by atoms with Crippen LogP contribution in [0.2, 0.25) is 0 Å². The maximum atomic E-state index is 4.55. The maximum Gasteiger partial charge on any atom is 0.139 e. The second-order valence-corrected chi connectivity index (χ2v) is 7.16. The zero-order valence-corrected chi connectivity index (χ0v) is 15.6. The number of rotatable bonds is 5. The quantitative estimate of drug-likeness (QED) is 0.585. The van der Waals surface area contributed by atoms with Crippen molar-refractivity contribution in [3.05, 3.63) is 78.9 Å². The number of para-hydroxylation sites is 2. The SMILES string of the molecule is c1ccc(-n2cc(CNC3CCN(c4ncnc5ccccc45)C3)cn2)cc1. The zero-order valence-electron chi connectivity index (χ0n) is 15.6. The predicted octanol–water partition coefficient (Wildman–Crippen LogP) is 3.18. The first-order valence-corrected chi connectivity index (χ1v) is 9.64. The third-order valence-corrected chi connectivity index (χ3v) is 5.26. The number of nitrogens with zero attached hydrogens (tertiary/aromatic N) is 5. The molecular weight excluding hydrogens is 348 g/mol. The van der Waals surface area contributed by atoms with Crippen molar-refractivity contribution in [3.63, 3.8) is 0 Å². The summed E-state index contributed by atoms with van der Waals surface area (Å²) in [5, 5.41) is 9.27. The van der Waals surface area contributed by atoms with Crippen molar-refractivity contribution in [3.8, 4) is 5.69 Å². The van der Waals surface area contributed by atoms with E-state index in [0.717, 1.165) is 48.5 Å². The highest BCUT2D eigenvalue weighted by Gasteiger charge is 2.24. The van der Waals surface area contributed by atoms with Gasteiger partial charge in [0.2, 0.25) is 0 Å². The summed E-state index contributed by atoms with van der Waals surface area (Å²) in [6.07, 6.45) is 6.79. The lowest BCUT2D eigenvalue weighted by molar-refractivity contribution is 0.551. The summed E-state index contributed by atoms with van der Waals surface area (Å²) in [6, 6.07) is 18.8. The predicted molar refractivity (Wildman–Crippen MR) is 111 cm³/mol. The molecule has 0 saturated carbocycles. The van der Waals surface area contributed by atoms with Gasteiger partial charge >= 0.3 is 0 Å². The molecule has 2 aromatic carbocycles. The van der Waals surface area contributed by atoms with Crippen molar-refractivity contribution in [2.24, 2.45) is 0 Å². The van der Waals surface area contributed by atoms with Gasteiger partial charge in [-0.05, 0) is 30.7 Å². The molecule has 1 atom stereocenters. The van der Waals surface area contributed by atoms with Crippen molar-refractivity contribution < 1.29 is 0 Å². The third-order valence-electron chi connectivity index (χ3n) is 5.26. The molecule has 2 aromatic heterocycles. The van der Waals surface area contributed by atoms with Crippen LogP contribution in [-0.2, 0) is 6.54 Å². The van der Waals surface area contributed by atoms with E-state index in [2.05, 4.69) is 49.7 Å². The topological polar surface area (TPSA) is 58.9 Å². The van der Waals surface area contributed by atoms with Crippen LogP contribution in [0.15, 0.2) is 73.3 Å². The lowest BCUT2D eigenvalue weighted by atomic mass is 10.2. The van der Waals surface area contributed by atoms with E-state index >= 15 is 0 Å². The molecule has 1 saturated heterocycles. The van der Waals surface area contributed by atoms with Gasteiger partial charge in [0.25, 0.3) is 0 Å². The molecule has 1 aliphatic heterocycles. The average Bonchev–Trinajstić information content (AvgIpc) is 3.42. The Kier molecular flexibility index (Phi) is 4.47. The first kappa shape index (κ1) is 16.9. The van der Waals surface area contributed by atoms with Crippen molar-refractivity contribution in [2.45, 2.75) is 19.0 Å². The fraction of sp³-hybridized carbons (Fsp3) is 0.227. The van der Waals surface area contributed by atoms with Crippen molar-refractivity contribution in [2.75, 3.05) is 18.0 Å². The normalized spacial score (nSPS) is 16.7. The number of hydrogen-bond donors (Lipinski definition) is 1. The molecule has 6 nitrogen and oxygen atoms in total. The summed E-state index contributed by atoms with van der Waals surface area (Å²) in [7, 11) is 0. The molecule has 28 heavy (non-hydrogen) atoms. The first-order valence-electron chi connectivity index (χ1n) is 9.64. The average molecular weight is 370 g/mol. The molecule has 0 spiro atoms. The minimum Gasteiger partial charge on any atom is -0.354 e. The number of anilines is 1. The smallest absolute Gasteiger partial charge is 0.139 e. The van der Waals surface area contributed by atoms with Gasteiger partial charge in [-0.1, -0.05) is 30.3 Å². The van der Waals surface area contributed by atoms with Gasteiger partial charge in [-0.2, -0.15) is 5.10 Å². The molecule has 1 N–H and O–H groups in total. The highest BCUT2D eigenvalue weighted by atomic mass is 15.3. The van der Waals surface area contributed by atoms with E-state index in [1.54, 1.807) is 6.33 Å². The van der Waals surface area contributed by atoms with Gasteiger partial charge in [0.05, 0.1) is 17.4 Å². The van der Waals surface area contributed by atoms with E-state index < -0.39 is 0 Å².